The monoisotopic (exact) mass is 412 g/mol. The molecule has 1 aliphatic rings. The third-order valence-corrected chi connectivity index (χ3v) is 6.49. The molecular formula is C21H24N4O3S. The lowest BCUT2D eigenvalue weighted by Crippen LogP contribution is -2.37. The number of aromatic nitrogens is 2. The summed E-state index contributed by atoms with van der Waals surface area (Å²) in [6.07, 6.45) is 1.50. The topological polar surface area (TPSA) is 67.7 Å². The van der Waals surface area contributed by atoms with Crippen LogP contribution in [0.5, 0.6) is 0 Å². The van der Waals surface area contributed by atoms with Gasteiger partial charge in [-0.2, -0.15) is 0 Å². The van der Waals surface area contributed by atoms with Crippen molar-refractivity contribution in [3.05, 3.63) is 57.0 Å². The highest BCUT2D eigenvalue weighted by Gasteiger charge is 2.23. The Morgan fingerprint density at radius 1 is 1.28 bits per heavy atom. The van der Waals surface area contributed by atoms with Gasteiger partial charge in [0.15, 0.2) is 0 Å². The summed E-state index contributed by atoms with van der Waals surface area (Å²) < 4.78 is 6.90. The van der Waals surface area contributed by atoms with Crippen molar-refractivity contribution in [2.45, 2.75) is 13.5 Å². The van der Waals surface area contributed by atoms with Gasteiger partial charge in [0, 0.05) is 39.4 Å². The van der Waals surface area contributed by atoms with Crippen molar-refractivity contribution in [2.75, 3.05) is 38.3 Å². The molecule has 1 saturated heterocycles. The van der Waals surface area contributed by atoms with E-state index in [1.807, 2.05) is 19.1 Å². The summed E-state index contributed by atoms with van der Waals surface area (Å²) >= 11 is 1.28. The minimum atomic E-state index is -0.122. The molecule has 7 nitrogen and oxygen atoms in total. The minimum absolute atomic E-state index is 0.0932. The second-order valence-electron chi connectivity index (χ2n) is 7.29. The van der Waals surface area contributed by atoms with E-state index in [1.54, 1.807) is 19.0 Å². The fourth-order valence-corrected chi connectivity index (χ4v) is 4.80. The van der Waals surface area contributed by atoms with E-state index in [2.05, 4.69) is 22.0 Å². The number of fused-ring (bicyclic) bond motifs is 1. The number of aryl methyl sites for hydroxylation is 2. The summed E-state index contributed by atoms with van der Waals surface area (Å²) in [6, 6.07) is 8.17. The van der Waals surface area contributed by atoms with Crippen molar-refractivity contribution < 1.29 is 9.53 Å². The summed E-state index contributed by atoms with van der Waals surface area (Å²) in [5.74, 6) is -0.0932. The second kappa shape index (κ2) is 7.96. The minimum Gasteiger partial charge on any atom is -0.378 e. The number of thiophene rings is 1. The maximum atomic E-state index is 13.2. The van der Waals surface area contributed by atoms with Crippen molar-refractivity contribution in [3.8, 4) is 0 Å². The summed E-state index contributed by atoms with van der Waals surface area (Å²) in [7, 11) is 3.47. The van der Waals surface area contributed by atoms with Gasteiger partial charge in [-0.1, -0.05) is 18.2 Å². The van der Waals surface area contributed by atoms with Crippen LogP contribution in [0.2, 0.25) is 0 Å². The number of ether oxygens (including phenoxy) is 1. The number of carbonyl (C=O) groups is 1. The average molecular weight is 413 g/mol. The predicted octanol–water partition coefficient (Wildman–Crippen LogP) is 2.41. The normalized spacial score (nSPS) is 14.4. The molecule has 0 atom stereocenters. The van der Waals surface area contributed by atoms with Gasteiger partial charge in [0.05, 0.1) is 29.8 Å². The average Bonchev–Trinajstić information content (AvgIpc) is 3.08. The zero-order valence-electron chi connectivity index (χ0n) is 16.8. The predicted molar refractivity (Wildman–Crippen MR) is 115 cm³/mol. The largest absolute Gasteiger partial charge is 0.378 e. The van der Waals surface area contributed by atoms with Gasteiger partial charge in [-0.3, -0.25) is 9.59 Å². The standard InChI is InChI=1S/C21H24N4O3S/c1-14-17-19(22-13-24(3)20(17)26)29-18(14)21(27)23(2)12-15-6-4-5-7-16(15)25-8-10-28-11-9-25/h4-7,13H,8-12H2,1-3H3. The fraction of sp³-hybridized carbons (Fsp3) is 0.381. The highest BCUT2D eigenvalue weighted by atomic mass is 32.1. The van der Waals surface area contributed by atoms with Gasteiger partial charge in [-0.05, 0) is 24.1 Å². The molecule has 152 valence electrons. The van der Waals surface area contributed by atoms with E-state index in [9.17, 15) is 9.59 Å². The molecule has 1 aliphatic heterocycles. The molecular weight excluding hydrogens is 388 g/mol. The smallest absolute Gasteiger partial charge is 0.264 e. The molecule has 0 spiro atoms. The number of amides is 1. The highest BCUT2D eigenvalue weighted by Crippen LogP contribution is 2.29. The quantitative estimate of drug-likeness (QED) is 0.658. The number of carbonyl (C=O) groups excluding carboxylic acids is 1. The Morgan fingerprint density at radius 2 is 2.00 bits per heavy atom. The first kappa shape index (κ1) is 19.6. The summed E-state index contributed by atoms with van der Waals surface area (Å²) in [5.41, 5.74) is 2.82. The van der Waals surface area contributed by atoms with Crippen molar-refractivity contribution in [1.82, 2.24) is 14.5 Å². The van der Waals surface area contributed by atoms with Crippen LogP contribution in [0, 0.1) is 6.92 Å². The SMILES string of the molecule is Cc1c(C(=O)N(C)Cc2ccccc2N2CCOCC2)sc2ncn(C)c(=O)c12. The van der Waals surface area contributed by atoms with E-state index in [-0.39, 0.29) is 11.5 Å². The molecule has 0 aliphatic carbocycles. The van der Waals surface area contributed by atoms with Crippen LogP contribution in [0.3, 0.4) is 0 Å². The van der Waals surface area contributed by atoms with Crippen molar-refractivity contribution >= 4 is 33.1 Å². The second-order valence-corrected chi connectivity index (χ2v) is 8.29. The molecule has 1 aromatic carbocycles. The number of nitrogens with zero attached hydrogens (tertiary/aromatic N) is 4. The van der Waals surface area contributed by atoms with Crippen LogP contribution in [-0.2, 0) is 18.3 Å². The van der Waals surface area contributed by atoms with Gasteiger partial charge < -0.3 is 19.1 Å². The molecule has 4 rings (SSSR count). The first-order valence-electron chi connectivity index (χ1n) is 9.58. The molecule has 3 aromatic rings. The third-order valence-electron chi connectivity index (χ3n) is 5.30. The summed E-state index contributed by atoms with van der Waals surface area (Å²) in [4.78, 5) is 35.2. The first-order chi connectivity index (χ1) is 14.0. The van der Waals surface area contributed by atoms with Crippen LogP contribution in [0.15, 0.2) is 35.4 Å². The lowest BCUT2D eigenvalue weighted by Gasteiger charge is -2.31. The van der Waals surface area contributed by atoms with Crippen molar-refractivity contribution in [1.29, 1.82) is 0 Å². The van der Waals surface area contributed by atoms with Crippen LogP contribution in [-0.4, -0.2) is 53.7 Å². The Bertz CT molecular complexity index is 1110. The summed E-state index contributed by atoms with van der Waals surface area (Å²) in [5, 5.41) is 0.533. The number of hydrogen-bond donors (Lipinski definition) is 0. The molecule has 0 unspecified atom stereocenters. The van der Waals surface area contributed by atoms with E-state index in [0.717, 1.165) is 24.3 Å². The van der Waals surface area contributed by atoms with E-state index in [4.69, 9.17) is 4.74 Å². The van der Waals surface area contributed by atoms with Gasteiger partial charge in [0.1, 0.15) is 4.83 Å². The fourth-order valence-electron chi connectivity index (χ4n) is 3.67. The van der Waals surface area contributed by atoms with Gasteiger partial charge in [0.2, 0.25) is 0 Å². The van der Waals surface area contributed by atoms with E-state index in [0.29, 0.717) is 40.4 Å². The van der Waals surface area contributed by atoms with Crippen LogP contribution >= 0.6 is 11.3 Å². The number of anilines is 1. The molecule has 1 fully saturated rings. The molecule has 0 bridgehead atoms. The Labute approximate surface area is 173 Å². The zero-order valence-corrected chi connectivity index (χ0v) is 17.7. The van der Waals surface area contributed by atoms with Gasteiger partial charge in [0.25, 0.3) is 11.5 Å². The zero-order chi connectivity index (χ0) is 20.5. The number of para-hydroxylation sites is 1. The molecule has 8 heteroatoms. The van der Waals surface area contributed by atoms with Crippen molar-refractivity contribution in [2.24, 2.45) is 7.05 Å². The van der Waals surface area contributed by atoms with Gasteiger partial charge in [-0.15, -0.1) is 11.3 Å². The van der Waals surface area contributed by atoms with Crippen LogP contribution in [0.4, 0.5) is 5.69 Å². The molecule has 3 heterocycles. The van der Waals surface area contributed by atoms with E-state index >= 15 is 0 Å². The van der Waals surface area contributed by atoms with Crippen molar-refractivity contribution in [3.63, 3.8) is 0 Å². The molecule has 2 aromatic heterocycles. The number of benzene rings is 1. The molecule has 29 heavy (non-hydrogen) atoms. The molecule has 1 amide bonds. The summed E-state index contributed by atoms with van der Waals surface area (Å²) in [6.45, 7) is 5.44. The number of hydrogen-bond acceptors (Lipinski definition) is 6. The van der Waals surface area contributed by atoms with Gasteiger partial charge in [-0.25, -0.2) is 4.98 Å². The van der Waals surface area contributed by atoms with E-state index in [1.165, 1.54) is 22.2 Å². The lowest BCUT2D eigenvalue weighted by atomic mass is 10.1. The first-order valence-corrected chi connectivity index (χ1v) is 10.4. The van der Waals surface area contributed by atoms with Gasteiger partial charge >= 0.3 is 0 Å². The van der Waals surface area contributed by atoms with Crippen LogP contribution in [0.25, 0.3) is 10.2 Å². The molecule has 0 radical (unpaired) electrons. The highest BCUT2D eigenvalue weighted by molar-refractivity contribution is 7.20. The number of morpholine rings is 1. The maximum Gasteiger partial charge on any atom is 0.264 e. The Kier molecular flexibility index (Phi) is 5.38. The molecule has 0 N–H and O–H groups in total. The Hall–Kier alpha value is -2.71. The maximum absolute atomic E-state index is 13.2. The number of rotatable bonds is 4. The lowest BCUT2D eigenvalue weighted by molar-refractivity contribution is 0.0789. The molecule has 0 saturated carbocycles. The van der Waals surface area contributed by atoms with E-state index < -0.39 is 0 Å². The Balaban J connectivity index is 1.62. The van der Waals surface area contributed by atoms with Crippen LogP contribution in [0.1, 0.15) is 20.8 Å². The third kappa shape index (κ3) is 3.65. The Morgan fingerprint density at radius 3 is 2.76 bits per heavy atom. The van der Waals surface area contributed by atoms with Crippen LogP contribution < -0.4 is 10.5 Å².